The van der Waals surface area contributed by atoms with E-state index in [1.54, 1.807) is 6.08 Å². The highest BCUT2D eigenvalue weighted by molar-refractivity contribution is 6.30. The number of aryl methyl sites for hydroxylation is 1. The van der Waals surface area contributed by atoms with Crippen LogP contribution in [0.1, 0.15) is 15.9 Å². The highest BCUT2D eigenvalue weighted by Gasteiger charge is 2.32. The number of phenols is 2. The minimum atomic E-state index is -0.433. The maximum absolute atomic E-state index is 12.9. The zero-order valence-electron chi connectivity index (χ0n) is 15.9. The number of hydrogen-bond acceptors (Lipinski definition) is 4. The van der Waals surface area contributed by atoms with E-state index < -0.39 is 5.78 Å². The van der Waals surface area contributed by atoms with Gasteiger partial charge < -0.3 is 19.5 Å². The number of nitrogens with zero attached hydrogens (tertiary/aromatic N) is 1. The van der Waals surface area contributed by atoms with E-state index in [0.717, 1.165) is 33.8 Å². The molecule has 3 aromatic carbocycles. The first-order valence-corrected chi connectivity index (χ1v) is 9.65. The fourth-order valence-electron chi connectivity index (χ4n) is 3.94. The fourth-order valence-corrected chi connectivity index (χ4v) is 4.06. The number of Topliss-reactive ketones (excluding diaryl/α,β-unsaturated/α-hetero) is 1. The Morgan fingerprint density at radius 2 is 1.77 bits per heavy atom. The molecule has 148 valence electrons. The molecule has 0 fully saturated rings. The SMILES string of the molecule is Cn1c(-c2ccc(Cl)cc2)c(C=C2Oc3cc(O)cc(O)c3C2=O)c2ccccc21. The lowest BCUT2D eigenvalue weighted by atomic mass is 10.0. The van der Waals surface area contributed by atoms with Crippen LogP contribution >= 0.6 is 11.6 Å². The first-order valence-electron chi connectivity index (χ1n) is 9.27. The van der Waals surface area contributed by atoms with Crippen molar-refractivity contribution >= 4 is 34.4 Å². The Labute approximate surface area is 177 Å². The van der Waals surface area contributed by atoms with Gasteiger partial charge >= 0.3 is 0 Å². The van der Waals surface area contributed by atoms with Gasteiger partial charge in [-0.1, -0.05) is 41.9 Å². The molecule has 0 radical (unpaired) electrons. The maximum Gasteiger partial charge on any atom is 0.235 e. The number of allylic oxidation sites excluding steroid dienone is 1. The third kappa shape index (κ3) is 2.75. The number of rotatable bonds is 2. The van der Waals surface area contributed by atoms with Crippen molar-refractivity contribution < 1.29 is 19.7 Å². The largest absolute Gasteiger partial charge is 0.508 e. The van der Waals surface area contributed by atoms with Crippen molar-refractivity contribution in [2.75, 3.05) is 0 Å². The normalized spacial score (nSPS) is 14.3. The van der Waals surface area contributed by atoms with Crippen molar-refractivity contribution in [2.24, 2.45) is 7.05 Å². The van der Waals surface area contributed by atoms with E-state index in [0.29, 0.717) is 5.02 Å². The van der Waals surface area contributed by atoms with E-state index >= 15 is 0 Å². The molecule has 1 aliphatic heterocycles. The first kappa shape index (κ1) is 18.3. The van der Waals surface area contributed by atoms with Crippen LogP contribution in [-0.2, 0) is 7.05 Å². The second-order valence-corrected chi connectivity index (χ2v) is 7.56. The third-order valence-electron chi connectivity index (χ3n) is 5.28. The molecule has 4 aromatic rings. The van der Waals surface area contributed by atoms with E-state index in [1.165, 1.54) is 6.07 Å². The molecular formula is C24H16ClNO4. The summed E-state index contributed by atoms with van der Waals surface area (Å²) >= 11 is 6.07. The van der Waals surface area contributed by atoms with Crippen LogP contribution in [0.25, 0.3) is 28.2 Å². The van der Waals surface area contributed by atoms with Crippen LogP contribution in [-0.4, -0.2) is 20.6 Å². The number of ketones is 1. The minimum absolute atomic E-state index is 0.0485. The number of aromatic hydroxyl groups is 2. The number of benzene rings is 3. The Kier molecular flexibility index (Phi) is 4.08. The van der Waals surface area contributed by atoms with E-state index in [9.17, 15) is 15.0 Å². The molecule has 1 aromatic heterocycles. The number of halogens is 1. The van der Waals surface area contributed by atoms with Gasteiger partial charge in [-0.25, -0.2) is 0 Å². The summed E-state index contributed by atoms with van der Waals surface area (Å²) in [6.45, 7) is 0. The van der Waals surface area contributed by atoms with Crippen LogP contribution < -0.4 is 4.74 Å². The van der Waals surface area contributed by atoms with Gasteiger partial charge in [0.1, 0.15) is 22.8 Å². The minimum Gasteiger partial charge on any atom is -0.508 e. The first-order chi connectivity index (χ1) is 14.4. The lowest BCUT2D eigenvalue weighted by Crippen LogP contribution is -1.99. The number of carbonyl (C=O) groups excluding carboxylic acids is 1. The lowest BCUT2D eigenvalue weighted by molar-refractivity contribution is 0.101. The zero-order valence-corrected chi connectivity index (χ0v) is 16.6. The Hall–Kier alpha value is -3.70. The molecule has 5 rings (SSSR count). The van der Waals surface area contributed by atoms with E-state index in [1.807, 2.05) is 55.6 Å². The number of fused-ring (bicyclic) bond motifs is 2. The van der Waals surface area contributed by atoms with Gasteiger partial charge in [0.2, 0.25) is 5.78 Å². The summed E-state index contributed by atoms with van der Waals surface area (Å²) in [5.74, 6) is -0.700. The average Bonchev–Trinajstić information content (AvgIpc) is 3.18. The van der Waals surface area contributed by atoms with Crippen molar-refractivity contribution in [3.63, 3.8) is 0 Å². The number of aromatic nitrogens is 1. The predicted octanol–water partition coefficient (Wildman–Crippen LogP) is 5.53. The summed E-state index contributed by atoms with van der Waals surface area (Å²) in [6.07, 6.45) is 1.69. The molecule has 0 saturated heterocycles. The summed E-state index contributed by atoms with van der Waals surface area (Å²) in [5.41, 5.74) is 3.70. The van der Waals surface area contributed by atoms with Gasteiger partial charge in [0, 0.05) is 40.7 Å². The summed E-state index contributed by atoms with van der Waals surface area (Å²) in [6, 6.07) is 17.8. The van der Waals surface area contributed by atoms with Gasteiger partial charge in [-0.05, 0) is 29.8 Å². The smallest absolute Gasteiger partial charge is 0.235 e. The van der Waals surface area contributed by atoms with Gasteiger partial charge in [-0.3, -0.25) is 4.79 Å². The quantitative estimate of drug-likeness (QED) is 0.421. The number of hydrogen-bond donors (Lipinski definition) is 2. The maximum atomic E-state index is 12.9. The molecule has 0 saturated carbocycles. The van der Waals surface area contributed by atoms with Crippen LogP contribution in [0.2, 0.25) is 5.02 Å². The van der Waals surface area contributed by atoms with E-state index in [4.69, 9.17) is 16.3 Å². The van der Waals surface area contributed by atoms with Crippen LogP contribution in [0.5, 0.6) is 17.2 Å². The molecule has 0 aliphatic carbocycles. The molecule has 1 aliphatic rings. The third-order valence-corrected chi connectivity index (χ3v) is 5.53. The number of carbonyl (C=O) groups is 1. The Morgan fingerprint density at radius 1 is 1.03 bits per heavy atom. The summed E-state index contributed by atoms with van der Waals surface area (Å²) in [7, 11) is 1.96. The van der Waals surface area contributed by atoms with Gasteiger partial charge in [0.25, 0.3) is 0 Å². The number of para-hydroxylation sites is 1. The summed E-state index contributed by atoms with van der Waals surface area (Å²) < 4.78 is 7.77. The van der Waals surface area contributed by atoms with Crippen LogP contribution in [0.4, 0.5) is 0 Å². The molecule has 0 atom stereocenters. The zero-order chi connectivity index (χ0) is 21.0. The standard InChI is InChI=1S/C24H16ClNO4/c1-26-18-5-3-2-4-16(18)17(23(26)13-6-8-14(25)9-7-13)12-21-24(29)22-19(28)10-15(27)11-20(22)30-21/h2-12,27-28H,1H3. The van der Waals surface area contributed by atoms with Crippen molar-refractivity contribution in [3.8, 4) is 28.5 Å². The molecule has 30 heavy (non-hydrogen) atoms. The Balaban J connectivity index is 1.74. The molecule has 2 N–H and O–H groups in total. The van der Waals surface area contributed by atoms with Crippen LogP contribution in [0, 0.1) is 0 Å². The average molecular weight is 418 g/mol. The summed E-state index contributed by atoms with van der Waals surface area (Å²) in [5, 5.41) is 21.4. The fraction of sp³-hybridized carbons (Fsp3) is 0.0417. The van der Waals surface area contributed by atoms with Gasteiger partial charge in [-0.15, -0.1) is 0 Å². The summed E-state index contributed by atoms with van der Waals surface area (Å²) in [4.78, 5) is 12.9. The van der Waals surface area contributed by atoms with Crippen LogP contribution in [0.3, 0.4) is 0 Å². The molecule has 6 heteroatoms. The van der Waals surface area contributed by atoms with Gasteiger partial charge in [0.15, 0.2) is 5.76 Å². The van der Waals surface area contributed by atoms with Crippen LogP contribution in [0.15, 0.2) is 66.4 Å². The van der Waals surface area contributed by atoms with Gasteiger partial charge in [-0.2, -0.15) is 0 Å². The second kappa shape index (κ2) is 6.68. The topological polar surface area (TPSA) is 71.7 Å². The van der Waals surface area contributed by atoms with Crippen molar-refractivity contribution in [2.45, 2.75) is 0 Å². The molecule has 0 bridgehead atoms. The van der Waals surface area contributed by atoms with Crippen molar-refractivity contribution in [1.82, 2.24) is 4.57 Å². The highest BCUT2D eigenvalue weighted by atomic mass is 35.5. The number of ether oxygens (including phenoxy) is 1. The van der Waals surface area contributed by atoms with Gasteiger partial charge in [0.05, 0.1) is 5.69 Å². The second-order valence-electron chi connectivity index (χ2n) is 7.12. The Morgan fingerprint density at radius 3 is 2.53 bits per heavy atom. The molecule has 5 nitrogen and oxygen atoms in total. The van der Waals surface area contributed by atoms with E-state index in [-0.39, 0.29) is 28.6 Å². The van der Waals surface area contributed by atoms with Crippen molar-refractivity contribution in [3.05, 3.63) is 82.6 Å². The lowest BCUT2D eigenvalue weighted by Gasteiger charge is -2.07. The monoisotopic (exact) mass is 417 g/mol. The van der Waals surface area contributed by atoms with Crippen molar-refractivity contribution in [1.29, 1.82) is 0 Å². The predicted molar refractivity (Wildman–Crippen MR) is 116 cm³/mol. The molecule has 2 heterocycles. The van der Waals surface area contributed by atoms with E-state index in [2.05, 4.69) is 4.57 Å². The molecular weight excluding hydrogens is 402 g/mol. The molecule has 0 spiro atoms. The molecule has 0 amide bonds. The number of phenolic OH excluding ortho intramolecular Hbond substituents is 2. The molecule has 0 unspecified atom stereocenters. The highest BCUT2D eigenvalue weighted by Crippen LogP contribution is 2.42. The Bertz CT molecular complexity index is 1370.